The summed E-state index contributed by atoms with van der Waals surface area (Å²) in [4.78, 5) is 23.3. The van der Waals surface area contributed by atoms with Gasteiger partial charge in [-0.15, -0.1) is 0 Å². The van der Waals surface area contributed by atoms with Gasteiger partial charge in [0.15, 0.2) is 0 Å². The molecule has 7 heteroatoms. The lowest BCUT2D eigenvalue weighted by Gasteiger charge is -2.31. The van der Waals surface area contributed by atoms with Crippen LogP contribution in [0.1, 0.15) is 24.3 Å². The summed E-state index contributed by atoms with van der Waals surface area (Å²) in [6, 6.07) is 5.76. The van der Waals surface area contributed by atoms with Crippen molar-refractivity contribution >= 4 is 23.6 Å². The Balaban J connectivity index is 1.34. The van der Waals surface area contributed by atoms with Crippen LogP contribution in [0.2, 0.25) is 0 Å². The van der Waals surface area contributed by atoms with Gasteiger partial charge in [0.05, 0.1) is 12.0 Å². The normalized spacial score (nSPS) is 15.3. The Kier molecular flexibility index (Phi) is 6.33. The second kappa shape index (κ2) is 8.89. The van der Waals surface area contributed by atoms with Gasteiger partial charge >= 0.3 is 0 Å². The van der Waals surface area contributed by atoms with Gasteiger partial charge in [0.2, 0.25) is 11.9 Å². The van der Waals surface area contributed by atoms with E-state index in [9.17, 15) is 4.79 Å². The van der Waals surface area contributed by atoms with Gasteiger partial charge in [-0.3, -0.25) is 4.79 Å². The van der Waals surface area contributed by atoms with Crippen molar-refractivity contribution in [2.45, 2.75) is 25.5 Å². The molecule has 0 atom stereocenters. The fraction of sp³-hybridized carbons (Fsp3) is 0.500. The molecule has 3 heterocycles. The third kappa shape index (κ3) is 5.22. The first-order valence-corrected chi connectivity index (χ1v) is 9.80. The van der Waals surface area contributed by atoms with Crippen LogP contribution in [0.15, 0.2) is 35.1 Å². The molecule has 1 amide bonds. The van der Waals surface area contributed by atoms with Crippen molar-refractivity contribution in [3.8, 4) is 0 Å². The topological polar surface area (TPSA) is 71.3 Å². The highest BCUT2D eigenvalue weighted by atomic mass is 32.2. The molecule has 3 rings (SSSR count). The molecule has 2 aromatic heterocycles. The molecule has 25 heavy (non-hydrogen) atoms. The highest BCUT2D eigenvalue weighted by molar-refractivity contribution is 7.98. The molecule has 134 valence electrons. The number of anilines is 1. The SMILES string of the molecule is Cc1ccnc(N2CCC(C(=O)NCCSCc3ccco3)CC2)n1. The van der Waals surface area contributed by atoms with Crippen molar-refractivity contribution < 1.29 is 9.21 Å². The second-order valence-corrected chi connectivity index (χ2v) is 7.29. The number of aryl methyl sites for hydroxylation is 1. The molecule has 2 aromatic rings. The van der Waals surface area contributed by atoms with Gasteiger partial charge in [0.25, 0.3) is 0 Å². The molecular weight excluding hydrogens is 336 g/mol. The van der Waals surface area contributed by atoms with E-state index in [-0.39, 0.29) is 11.8 Å². The van der Waals surface area contributed by atoms with Crippen molar-refractivity contribution in [2.75, 3.05) is 30.3 Å². The number of hydrogen-bond donors (Lipinski definition) is 1. The maximum absolute atomic E-state index is 12.3. The molecule has 1 fully saturated rings. The zero-order chi connectivity index (χ0) is 17.5. The minimum atomic E-state index is 0.0936. The van der Waals surface area contributed by atoms with Crippen LogP contribution in [-0.2, 0) is 10.5 Å². The second-order valence-electron chi connectivity index (χ2n) is 6.18. The van der Waals surface area contributed by atoms with Gasteiger partial charge in [0, 0.05) is 43.2 Å². The number of aromatic nitrogens is 2. The molecule has 1 saturated heterocycles. The van der Waals surface area contributed by atoms with Crippen LogP contribution in [-0.4, -0.2) is 41.3 Å². The molecule has 0 unspecified atom stereocenters. The van der Waals surface area contributed by atoms with E-state index in [4.69, 9.17) is 4.42 Å². The molecule has 0 spiro atoms. The smallest absolute Gasteiger partial charge is 0.225 e. The first-order chi connectivity index (χ1) is 12.2. The van der Waals surface area contributed by atoms with Crippen LogP contribution in [0.25, 0.3) is 0 Å². The minimum absolute atomic E-state index is 0.0936. The van der Waals surface area contributed by atoms with E-state index in [1.807, 2.05) is 25.1 Å². The number of nitrogens with zero attached hydrogens (tertiary/aromatic N) is 3. The standard InChI is InChI=1S/C18H24N4O2S/c1-14-4-7-20-18(21-14)22-9-5-15(6-10-22)17(23)19-8-12-25-13-16-3-2-11-24-16/h2-4,7,11,15H,5-6,8-10,12-13H2,1H3,(H,19,23). The van der Waals surface area contributed by atoms with Gasteiger partial charge in [-0.1, -0.05) is 0 Å². The van der Waals surface area contributed by atoms with E-state index < -0.39 is 0 Å². The Labute approximate surface area is 152 Å². The minimum Gasteiger partial charge on any atom is -0.468 e. The van der Waals surface area contributed by atoms with Gasteiger partial charge in [-0.25, -0.2) is 9.97 Å². The van der Waals surface area contributed by atoms with E-state index in [1.54, 1.807) is 24.2 Å². The van der Waals surface area contributed by atoms with Crippen LogP contribution >= 0.6 is 11.8 Å². The van der Waals surface area contributed by atoms with Crippen molar-refractivity contribution in [1.29, 1.82) is 0 Å². The summed E-state index contributed by atoms with van der Waals surface area (Å²) in [5.41, 5.74) is 0.969. The Morgan fingerprint density at radius 1 is 1.40 bits per heavy atom. The summed E-state index contributed by atoms with van der Waals surface area (Å²) >= 11 is 1.77. The zero-order valence-corrected chi connectivity index (χ0v) is 15.3. The highest BCUT2D eigenvalue weighted by Crippen LogP contribution is 2.21. The maximum Gasteiger partial charge on any atom is 0.225 e. The van der Waals surface area contributed by atoms with Crippen LogP contribution in [0.3, 0.4) is 0 Å². The third-order valence-corrected chi connectivity index (χ3v) is 5.28. The van der Waals surface area contributed by atoms with E-state index >= 15 is 0 Å². The molecule has 1 aliphatic rings. The number of furan rings is 1. The fourth-order valence-corrected chi connectivity index (χ4v) is 3.64. The first kappa shape index (κ1) is 17.8. The summed E-state index contributed by atoms with van der Waals surface area (Å²) in [5.74, 6) is 3.75. The van der Waals surface area contributed by atoms with Crippen molar-refractivity contribution in [2.24, 2.45) is 5.92 Å². The molecule has 0 bridgehead atoms. The molecule has 0 aromatic carbocycles. The number of carbonyl (C=O) groups is 1. The van der Waals surface area contributed by atoms with Crippen LogP contribution in [0.4, 0.5) is 5.95 Å². The summed E-state index contributed by atoms with van der Waals surface area (Å²) < 4.78 is 5.29. The summed E-state index contributed by atoms with van der Waals surface area (Å²) in [6.45, 7) is 4.32. The molecule has 0 radical (unpaired) electrons. The molecule has 1 N–H and O–H groups in total. The monoisotopic (exact) mass is 360 g/mol. The van der Waals surface area contributed by atoms with Crippen LogP contribution in [0.5, 0.6) is 0 Å². The Morgan fingerprint density at radius 2 is 2.24 bits per heavy atom. The molecular formula is C18H24N4O2S. The number of rotatable bonds is 7. The molecule has 0 aliphatic carbocycles. The first-order valence-electron chi connectivity index (χ1n) is 8.65. The predicted octanol–water partition coefficient (Wildman–Crippen LogP) is 2.64. The van der Waals surface area contributed by atoms with Gasteiger partial charge in [-0.05, 0) is 38.0 Å². The number of nitrogens with one attached hydrogen (secondary N) is 1. The lowest BCUT2D eigenvalue weighted by molar-refractivity contribution is -0.125. The Morgan fingerprint density at radius 3 is 2.96 bits per heavy atom. The molecule has 6 nitrogen and oxygen atoms in total. The van der Waals surface area contributed by atoms with E-state index in [0.717, 1.165) is 54.8 Å². The van der Waals surface area contributed by atoms with E-state index in [2.05, 4.69) is 20.2 Å². The summed E-state index contributed by atoms with van der Waals surface area (Å²) in [6.07, 6.45) is 5.17. The maximum atomic E-state index is 12.3. The summed E-state index contributed by atoms with van der Waals surface area (Å²) in [5, 5.41) is 3.06. The largest absolute Gasteiger partial charge is 0.468 e. The highest BCUT2D eigenvalue weighted by Gasteiger charge is 2.25. The molecule has 1 aliphatic heterocycles. The fourth-order valence-electron chi connectivity index (χ4n) is 2.89. The third-order valence-electron chi connectivity index (χ3n) is 4.30. The quantitative estimate of drug-likeness (QED) is 0.766. The molecule has 0 saturated carbocycles. The van der Waals surface area contributed by atoms with Crippen molar-refractivity contribution in [1.82, 2.24) is 15.3 Å². The average molecular weight is 360 g/mol. The van der Waals surface area contributed by atoms with Gasteiger partial charge < -0.3 is 14.6 Å². The number of amides is 1. The van der Waals surface area contributed by atoms with E-state index in [1.165, 1.54) is 0 Å². The lowest BCUT2D eigenvalue weighted by atomic mass is 9.96. The van der Waals surface area contributed by atoms with Gasteiger partial charge in [0.1, 0.15) is 5.76 Å². The van der Waals surface area contributed by atoms with Gasteiger partial charge in [-0.2, -0.15) is 11.8 Å². The number of hydrogen-bond acceptors (Lipinski definition) is 6. The van der Waals surface area contributed by atoms with E-state index in [0.29, 0.717) is 6.54 Å². The number of carbonyl (C=O) groups excluding carboxylic acids is 1. The van der Waals surface area contributed by atoms with Crippen molar-refractivity contribution in [3.05, 3.63) is 42.1 Å². The zero-order valence-electron chi connectivity index (χ0n) is 14.5. The number of thioether (sulfide) groups is 1. The Hall–Kier alpha value is -2.02. The average Bonchev–Trinajstić information content (AvgIpc) is 3.15. The predicted molar refractivity (Wildman–Crippen MR) is 99.6 cm³/mol. The van der Waals surface area contributed by atoms with Crippen molar-refractivity contribution in [3.63, 3.8) is 0 Å². The lowest BCUT2D eigenvalue weighted by Crippen LogP contribution is -2.41. The van der Waals surface area contributed by atoms with Crippen LogP contribution < -0.4 is 10.2 Å². The Bertz CT molecular complexity index is 669. The van der Waals surface area contributed by atoms with Crippen LogP contribution in [0, 0.1) is 12.8 Å². The number of piperidine rings is 1. The summed E-state index contributed by atoms with van der Waals surface area (Å²) in [7, 11) is 0.